The van der Waals surface area contributed by atoms with E-state index >= 15 is 0 Å². The monoisotopic (exact) mass is 1490 g/mol. The highest BCUT2D eigenvalue weighted by Crippen LogP contribution is 2.69. The largest absolute Gasteiger partial charge is 0.500 e. The zero-order valence-electron chi connectivity index (χ0n) is 50.3. The van der Waals surface area contributed by atoms with Gasteiger partial charge in [0.15, 0.2) is 0 Å². The van der Waals surface area contributed by atoms with Crippen LogP contribution in [0, 0.1) is 0 Å². The summed E-state index contributed by atoms with van der Waals surface area (Å²) in [4.78, 5) is 3.07. The van der Waals surface area contributed by atoms with Crippen molar-refractivity contribution in [3.05, 3.63) is 9.81 Å². The van der Waals surface area contributed by atoms with Gasteiger partial charge in [-0.2, -0.15) is 0 Å². The smallest absolute Gasteiger partial charge is 0.374 e. The second kappa shape index (κ2) is 56.3. The zero-order valence-corrected chi connectivity index (χ0v) is 67.3. The van der Waals surface area contributed by atoms with Crippen molar-refractivity contribution in [3.63, 3.8) is 0 Å². The molecule has 0 radical (unpaired) electrons. The van der Waals surface area contributed by atoms with Crippen LogP contribution >= 0.6 is 165 Å². The molecule has 0 aliphatic heterocycles. The van der Waals surface area contributed by atoms with E-state index in [1.54, 1.807) is 0 Å². The van der Waals surface area contributed by atoms with Crippen LogP contribution < -0.4 is 0 Å². The molecule has 1 rings (SSSR count). The lowest BCUT2D eigenvalue weighted by molar-refractivity contribution is 0.0704. The SMILES string of the molecule is CCO[Si](CCCSSSSC1=C(SSSSCCC[Si](OCC)(OCC)OCC)C(SSSSCCC[Si](OCC)(OCC)OCC)(SSSSCCC[Si](OCC)(OCC)OCC)CCCCCCCCC1)(OCC)OCC. The zero-order chi connectivity index (χ0) is 58.8. The predicted molar refractivity (Wildman–Crippen MR) is 392 cm³/mol. The van der Waals surface area contributed by atoms with Gasteiger partial charge in [-0.05, 0) is 228 Å². The Labute approximate surface area is 553 Å². The van der Waals surface area contributed by atoms with Gasteiger partial charge in [-0.1, -0.05) is 103 Å². The van der Waals surface area contributed by atoms with Crippen molar-refractivity contribution in [2.75, 3.05) is 102 Å². The molecule has 0 saturated heterocycles. The van der Waals surface area contributed by atoms with Crippen LogP contribution in [0.3, 0.4) is 0 Å². The van der Waals surface area contributed by atoms with E-state index in [1.807, 2.05) is 226 Å². The van der Waals surface area contributed by atoms with Crippen LogP contribution in [-0.4, -0.2) is 142 Å². The van der Waals surface area contributed by atoms with Crippen LogP contribution in [-0.2, 0) is 53.1 Å². The Balaban J connectivity index is 3.64. The Bertz CT molecular complexity index is 1360. The van der Waals surface area contributed by atoms with Gasteiger partial charge in [-0.3, -0.25) is 0 Å². The summed E-state index contributed by atoms with van der Waals surface area (Å²) >= 11 is 0. The van der Waals surface area contributed by atoms with E-state index in [0.29, 0.717) is 79.3 Å². The molecule has 478 valence electrons. The van der Waals surface area contributed by atoms with Gasteiger partial charge in [0.1, 0.15) is 4.08 Å². The van der Waals surface area contributed by atoms with E-state index in [4.69, 9.17) is 53.1 Å². The molecule has 0 saturated carbocycles. The molecule has 0 aromatic carbocycles. The summed E-state index contributed by atoms with van der Waals surface area (Å²) in [7, 11) is 20.8. The molecular formula is C48H102O12S16Si4. The second-order valence-electron chi connectivity index (χ2n) is 17.0. The van der Waals surface area contributed by atoms with Gasteiger partial charge in [0.2, 0.25) is 0 Å². The molecule has 0 N–H and O–H groups in total. The van der Waals surface area contributed by atoms with Gasteiger partial charge in [0.25, 0.3) is 0 Å². The van der Waals surface area contributed by atoms with Gasteiger partial charge in [-0.15, -0.1) is 0 Å². The first kappa shape index (κ1) is 83.7. The molecule has 0 aromatic heterocycles. The van der Waals surface area contributed by atoms with Crippen LogP contribution in [0.5, 0.6) is 0 Å². The Morgan fingerprint density at radius 3 is 0.875 bits per heavy atom. The first-order valence-electron chi connectivity index (χ1n) is 29.0. The lowest BCUT2D eigenvalue weighted by Crippen LogP contribution is -2.46. The number of hydrogen-bond donors (Lipinski definition) is 0. The Morgan fingerprint density at radius 2 is 0.575 bits per heavy atom. The summed E-state index contributed by atoms with van der Waals surface area (Å²) in [6, 6.07) is 3.34. The van der Waals surface area contributed by atoms with Gasteiger partial charge < -0.3 is 53.1 Å². The highest BCUT2D eigenvalue weighted by molar-refractivity contribution is 9.30. The molecule has 0 heterocycles. The van der Waals surface area contributed by atoms with Crippen LogP contribution in [0.15, 0.2) is 9.81 Å². The molecule has 1 aliphatic rings. The van der Waals surface area contributed by atoms with Crippen LogP contribution in [0.1, 0.15) is 167 Å². The van der Waals surface area contributed by atoms with Crippen molar-refractivity contribution in [2.24, 2.45) is 0 Å². The molecule has 0 unspecified atom stereocenters. The molecule has 12 nitrogen and oxygen atoms in total. The van der Waals surface area contributed by atoms with Crippen molar-refractivity contribution in [3.8, 4) is 0 Å². The molecule has 0 aromatic rings. The third-order valence-corrected chi connectivity index (χ3v) is 52.0. The summed E-state index contributed by atoms with van der Waals surface area (Å²) in [5, 5.41) is 0. The topological polar surface area (TPSA) is 111 Å². The highest BCUT2D eigenvalue weighted by atomic mass is 33.7. The maximum atomic E-state index is 6.21. The van der Waals surface area contributed by atoms with E-state index in [9.17, 15) is 0 Å². The Kier molecular flexibility index (Phi) is 58.9. The fraction of sp³-hybridized carbons (Fsp3) is 0.958. The number of hydrogen-bond acceptors (Lipinski definition) is 28. The van der Waals surface area contributed by atoms with E-state index in [0.717, 1.165) is 85.7 Å². The molecule has 0 spiro atoms. The predicted octanol–water partition coefficient (Wildman–Crippen LogP) is 21.9. The Hall–Kier alpha value is 5.73. The number of rotatable bonds is 56. The van der Waals surface area contributed by atoms with Gasteiger partial charge in [0, 0.05) is 136 Å². The lowest BCUT2D eigenvalue weighted by atomic mass is 10.0. The Morgan fingerprint density at radius 1 is 0.312 bits per heavy atom. The van der Waals surface area contributed by atoms with Gasteiger partial charge >= 0.3 is 35.2 Å². The van der Waals surface area contributed by atoms with Crippen LogP contribution in [0.25, 0.3) is 0 Å². The fourth-order valence-electron chi connectivity index (χ4n) is 8.18. The third kappa shape index (κ3) is 38.0. The molecule has 0 amide bonds. The van der Waals surface area contributed by atoms with Crippen molar-refractivity contribution >= 4 is 200 Å². The standard InChI is InChI=1S/C48H102O12S16Si4/c1-13-49-77(50-14-2,51-15-3)42-32-38-61-69-73-65-46-36-30-28-26-25-27-29-31-37-48(67-75-71-63-40-34-44-79(55-19-7,56-20-8)57-21-9,68-76-72-64-41-35-45-80(58-22-10,59-23-11)60-24-12)47(46)66-74-70-62-39-33-43-78(52-16-4,53-17-5)54-18-6/h13-45H2,1-12H3. The first-order valence-corrected chi connectivity index (χ1v) is 56.7. The minimum atomic E-state index is -2.69. The maximum absolute atomic E-state index is 6.21. The average molecular weight is 1500 g/mol. The first-order chi connectivity index (χ1) is 39.0. The highest BCUT2D eigenvalue weighted by Gasteiger charge is 2.44. The van der Waals surface area contributed by atoms with Crippen molar-refractivity contribution in [1.29, 1.82) is 0 Å². The normalized spacial score (nSPS) is 15.4. The molecular weight excluding hydrogens is 1390 g/mol. The minimum Gasteiger partial charge on any atom is -0.374 e. The quantitative estimate of drug-likeness (QED) is 0.0249. The molecule has 32 heteroatoms. The lowest BCUT2D eigenvalue weighted by Gasteiger charge is -2.35. The van der Waals surface area contributed by atoms with Gasteiger partial charge in [-0.25, -0.2) is 0 Å². The van der Waals surface area contributed by atoms with E-state index in [2.05, 4.69) is 21.6 Å². The van der Waals surface area contributed by atoms with Crippen molar-refractivity contribution in [1.82, 2.24) is 0 Å². The summed E-state index contributed by atoms with van der Waals surface area (Å²) in [5.74, 6) is 4.02. The van der Waals surface area contributed by atoms with Crippen LogP contribution in [0.2, 0.25) is 24.2 Å². The van der Waals surface area contributed by atoms with E-state index in [-0.39, 0.29) is 4.08 Å². The summed E-state index contributed by atoms with van der Waals surface area (Å²) in [5.41, 5.74) is 0. The minimum absolute atomic E-state index is 0.176. The second-order valence-corrected chi connectivity index (χ2v) is 52.7. The van der Waals surface area contributed by atoms with Crippen LogP contribution in [0.4, 0.5) is 0 Å². The molecule has 0 fully saturated rings. The summed E-state index contributed by atoms with van der Waals surface area (Å²) in [6.45, 7) is 31.7. The number of allylic oxidation sites excluding steroid dienone is 1. The van der Waals surface area contributed by atoms with E-state index < -0.39 is 35.2 Å². The molecule has 0 atom stereocenters. The third-order valence-electron chi connectivity index (χ3n) is 11.1. The van der Waals surface area contributed by atoms with E-state index in [1.165, 1.54) is 54.8 Å². The molecule has 0 bridgehead atoms. The molecule has 80 heavy (non-hydrogen) atoms. The maximum Gasteiger partial charge on any atom is 0.500 e. The summed E-state index contributed by atoms with van der Waals surface area (Å²) < 4.78 is 74.3. The van der Waals surface area contributed by atoms with Crippen molar-refractivity contribution < 1.29 is 53.1 Å². The molecule has 1 aliphatic carbocycles. The fourth-order valence-corrected chi connectivity index (χ4v) is 49.6. The van der Waals surface area contributed by atoms with Gasteiger partial charge in [0.05, 0.1) is 0 Å². The average Bonchev–Trinajstić information content (AvgIpc) is 3.42. The summed E-state index contributed by atoms with van der Waals surface area (Å²) in [6.07, 6.45) is 15.0. The van der Waals surface area contributed by atoms with Crippen molar-refractivity contribution in [2.45, 2.75) is 195 Å².